The Bertz CT molecular complexity index is 1100. The summed E-state index contributed by atoms with van der Waals surface area (Å²) in [5.74, 6) is -3.48. The lowest BCUT2D eigenvalue weighted by Gasteiger charge is -2.21. The van der Waals surface area contributed by atoms with E-state index < -0.39 is 40.7 Å². The third-order valence-corrected chi connectivity index (χ3v) is 5.61. The standard InChI is InChI=1S/C28H28F6O2/c1-3-5-6-8-20-17-24(29)26(25(30)18-20)28(33,34)36-23-15-11-21(12-16-23)27(31,32)35-22-13-9-19(7-4-2)10-14-22/h9-18H,3-8H2,1-2H3. The second kappa shape index (κ2) is 11.7. The maximum Gasteiger partial charge on any atom is 0.432 e. The Balaban J connectivity index is 1.71. The molecule has 0 fully saturated rings. The third-order valence-electron chi connectivity index (χ3n) is 5.61. The molecule has 0 aliphatic heterocycles. The molecule has 0 saturated heterocycles. The Morgan fingerprint density at radius 3 is 1.67 bits per heavy atom. The molecule has 0 aromatic heterocycles. The van der Waals surface area contributed by atoms with E-state index >= 15 is 0 Å². The maximum atomic E-state index is 14.6. The number of ether oxygens (including phenoxy) is 2. The SMILES string of the molecule is CCCCCc1cc(F)c(C(F)(F)Oc2ccc(C(F)(F)Oc3ccc(CCC)cc3)cc2)c(F)c1. The average Bonchev–Trinajstić information content (AvgIpc) is 2.80. The largest absolute Gasteiger partial charge is 0.432 e. The zero-order valence-corrected chi connectivity index (χ0v) is 20.1. The molecule has 0 aliphatic rings. The minimum Gasteiger partial charge on any atom is -0.429 e. The van der Waals surface area contributed by atoms with Crippen LogP contribution in [-0.2, 0) is 25.1 Å². The Morgan fingerprint density at radius 2 is 1.14 bits per heavy atom. The first kappa shape index (κ1) is 27.4. The van der Waals surface area contributed by atoms with E-state index in [2.05, 4.69) is 4.74 Å². The molecule has 8 heteroatoms. The fourth-order valence-electron chi connectivity index (χ4n) is 3.76. The zero-order chi connectivity index (χ0) is 26.3. The molecule has 0 amide bonds. The van der Waals surface area contributed by atoms with Crippen molar-refractivity contribution in [2.45, 2.75) is 64.6 Å². The molecule has 3 aromatic carbocycles. The fraction of sp³-hybridized carbons (Fsp3) is 0.357. The monoisotopic (exact) mass is 510 g/mol. The van der Waals surface area contributed by atoms with Crippen molar-refractivity contribution in [2.75, 3.05) is 0 Å². The highest BCUT2D eigenvalue weighted by atomic mass is 19.3. The van der Waals surface area contributed by atoms with Gasteiger partial charge < -0.3 is 9.47 Å². The third kappa shape index (κ3) is 6.95. The lowest BCUT2D eigenvalue weighted by molar-refractivity contribution is -0.190. The molecule has 0 N–H and O–H groups in total. The molecule has 2 nitrogen and oxygen atoms in total. The minimum absolute atomic E-state index is 0.0594. The van der Waals surface area contributed by atoms with Crippen LogP contribution in [0.5, 0.6) is 11.5 Å². The second-order valence-electron chi connectivity index (χ2n) is 8.55. The van der Waals surface area contributed by atoms with E-state index in [1.165, 1.54) is 12.1 Å². The molecule has 0 heterocycles. The van der Waals surface area contributed by atoms with Gasteiger partial charge in [0, 0.05) is 0 Å². The number of hydrogen-bond donors (Lipinski definition) is 0. The van der Waals surface area contributed by atoms with Crippen LogP contribution in [-0.4, -0.2) is 0 Å². The lowest BCUT2D eigenvalue weighted by atomic mass is 10.0. The van der Waals surface area contributed by atoms with E-state index in [4.69, 9.17) is 4.74 Å². The van der Waals surface area contributed by atoms with Gasteiger partial charge in [-0.2, -0.15) is 17.6 Å². The topological polar surface area (TPSA) is 18.5 Å². The summed E-state index contributed by atoms with van der Waals surface area (Å²) in [4.78, 5) is 0. The maximum absolute atomic E-state index is 14.6. The number of unbranched alkanes of at least 4 members (excludes halogenated alkanes) is 2. The number of rotatable bonds is 12. The summed E-state index contributed by atoms with van der Waals surface area (Å²) < 4.78 is 96.5. The van der Waals surface area contributed by atoms with Gasteiger partial charge in [0.05, 0.1) is 5.56 Å². The molecule has 0 atom stereocenters. The molecule has 0 saturated carbocycles. The predicted molar refractivity (Wildman–Crippen MR) is 126 cm³/mol. The van der Waals surface area contributed by atoms with Gasteiger partial charge in [0.25, 0.3) is 0 Å². The van der Waals surface area contributed by atoms with Crippen LogP contribution in [0.25, 0.3) is 0 Å². The van der Waals surface area contributed by atoms with Crippen LogP contribution in [0.2, 0.25) is 0 Å². The summed E-state index contributed by atoms with van der Waals surface area (Å²) in [6, 6.07) is 11.4. The second-order valence-corrected chi connectivity index (χ2v) is 8.55. The summed E-state index contributed by atoms with van der Waals surface area (Å²) in [6.45, 7) is 3.97. The van der Waals surface area contributed by atoms with Crippen LogP contribution in [0.3, 0.4) is 0 Å². The molecule has 0 unspecified atom stereocenters. The van der Waals surface area contributed by atoms with Crippen molar-refractivity contribution < 1.29 is 35.8 Å². The summed E-state index contributed by atoms with van der Waals surface area (Å²) in [5, 5.41) is 0. The molecular weight excluding hydrogens is 482 g/mol. The first-order valence-electron chi connectivity index (χ1n) is 11.9. The summed E-state index contributed by atoms with van der Waals surface area (Å²) in [7, 11) is 0. The molecule has 0 spiro atoms. The molecule has 194 valence electrons. The van der Waals surface area contributed by atoms with Crippen molar-refractivity contribution in [3.05, 3.63) is 94.6 Å². The lowest BCUT2D eigenvalue weighted by Crippen LogP contribution is -2.25. The molecule has 3 aromatic rings. The van der Waals surface area contributed by atoms with Gasteiger partial charge in [-0.05, 0) is 78.9 Å². The van der Waals surface area contributed by atoms with Crippen molar-refractivity contribution in [1.82, 2.24) is 0 Å². The van der Waals surface area contributed by atoms with Crippen LogP contribution in [0.1, 0.15) is 61.8 Å². The van der Waals surface area contributed by atoms with Gasteiger partial charge in [-0.15, -0.1) is 0 Å². The van der Waals surface area contributed by atoms with Gasteiger partial charge >= 0.3 is 12.2 Å². The van der Waals surface area contributed by atoms with Crippen molar-refractivity contribution in [3.63, 3.8) is 0 Å². The highest BCUT2D eigenvalue weighted by molar-refractivity contribution is 5.34. The molecule has 0 bridgehead atoms. The molecule has 0 radical (unpaired) electrons. The van der Waals surface area contributed by atoms with E-state index in [1.807, 2.05) is 13.8 Å². The molecule has 0 aliphatic carbocycles. The highest BCUT2D eigenvalue weighted by Crippen LogP contribution is 2.37. The Morgan fingerprint density at radius 1 is 0.611 bits per heavy atom. The highest BCUT2D eigenvalue weighted by Gasteiger charge is 2.41. The number of halogens is 6. The van der Waals surface area contributed by atoms with Crippen molar-refractivity contribution in [2.24, 2.45) is 0 Å². The van der Waals surface area contributed by atoms with Crippen LogP contribution in [0.15, 0.2) is 60.7 Å². The van der Waals surface area contributed by atoms with Crippen LogP contribution in [0.4, 0.5) is 26.3 Å². The van der Waals surface area contributed by atoms with Gasteiger partial charge in [-0.25, -0.2) is 8.78 Å². The van der Waals surface area contributed by atoms with E-state index in [-0.39, 0.29) is 11.3 Å². The minimum atomic E-state index is -4.36. The van der Waals surface area contributed by atoms with Crippen LogP contribution >= 0.6 is 0 Å². The Kier molecular flexibility index (Phi) is 8.93. The Labute approximate surface area is 206 Å². The fourth-order valence-corrected chi connectivity index (χ4v) is 3.76. The smallest absolute Gasteiger partial charge is 0.429 e. The summed E-state index contributed by atoms with van der Waals surface area (Å²) in [6.07, 6.45) is -3.63. The van der Waals surface area contributed by atoms with Crippen LogP contribution in [0, 0.1) is 11.6 Å². The zero-order valence-electron chi connectivity index (χ0n) is 20.1. The molecule has 3 rings (SSSR count). The Hall–Kier alpha value is -3.16. The van der Waals surface area contributed by atoms with Gasteiger partial charge in [0.1, 0.15) is 28.7 Å². The summed E-state index contributed by atoms with van der Waals surface area (Å²) in [5.41, 5.74) is -0.894. The van der Waals surface area contributed by atoms with Gasteiger partial charge in [-0.1, -0.05) is 45.2 Å². The van der Waals surface area contributed by atoms with E-state index in [9.17, 15) is 26.3 Å². The van der Waals surface area contributed by atoms with Gasteiger partial charge in [-0.3, -0.25) is 0 Å². The predicted octanol–water partition coefficient (Wildman–Crippen LogP) is 8.91. The first-order valence-corrected chi connectivity index (χ1v) is 11.9. The normalized spacial score (nSPS) is 12.0. The number of hydrogen-bond acceptors (Lipinski definition) is 2. The molecular formula is C28H28F6O2. The van der Waals surface area contributed by atoms with Gasteiger partial charge in [0.15, 0.2) is 0 Å². The molecule has 36 heavy (non-hydrogen) atoms. The van der Waals surface area contributed by atoms with Crippen molar-refractivity contribution in [3.8, 4) is 11.5 Å². The van der Waals surface area contributed by atoms with E-state index in [1.54, 1.807) is 12.1 Å². The average molecular weight is 511 g/mol. The van der Waals surface area contributed by atoms with E-state index in [0.29, 0.717) is 12.8 Å². The number of alkyl halides is 4. The first-order chi connectivity index (χ1) is 17.1. The number of benzene rings is 3. The van der Waals surface area contributed by atoms with Crippen molar-refractivity contribution in [1.29, 1.82) is 0 Å². The summed E-state index contributed by atoms with van der Waals surface area (Å²) >= 11 is 0. The van der Waals surface area contributed by atoms with E-state index in [0.717, 1.165) is 67.6 Å². The van der Waals surface area contributed by atoms with Crippen molar-refractivity contribution >= 4 is 0 Å². The van der Waals surface area contributed by atoms with Crippen LogP contribution < -0.4 is 9.47 Å². The number of aryl methyl sites for hydroxylation is 2. The quantitative estimate of drug-likeness (QED) is 0.179. The van der Waals surface area contributed by atoms with Gasteiger partial charge in [0.2, 0.25) is 0 Å².